The van der Waals surface area contributed by atoms with Crippen LogP contribution in [0.25, 0.3) is 0 Å². The number of methoxy groups -OCH3 is 1. The smallest absolute Gasteiger partial charge is 0.318 e. The zero-order chi connectivity index (χ0) is 15.2. The molecule has 0 heterocycles. The number of nitrogens with one attached hydrogen (secondary N) is 1. The molecule has 0 aliphatic heterocycles. The molecule has 0 aromatic heterocycles. The summed E-state index contributed by atoms with van der Waals surface area (Å²) in [5.74, 6) is 1.47. The minimum Gasteiger partial charge on any atom is -0.497 e. The van der Waals surface area contributed by atoms with Crippen LogP contribution in [0.5, 0.6) is 5.75 Å². The molecule has 4 nitrogen and oxygen atoms in total. The van der Waals surface area contributed by atoms with E-state index in [1.807, 2.05) is 29.2 Å². The van der Waals surface area contributed by atoms with E-state index in [-0.39, 0.29) is 12.1 Å². The number of ether oxygens (including phenoxy) is 1. The highest BCUT2D eigenvalue weighted by molar-refractivity contribution is 5.74. The number of carbonyl (C=O) groups is 1. The zero-order valence-electron chi connectivity index (χ0n) is 12.8. The van der Waals surface area contributed by atoms with Crippen LogP contribution in [0.2, 0.25) is 0 Å². The van der Waals surface area contributed by atoms with E-state index < -0.39 is 0 Å². The van der Waals surface area contributed by atoms with Crippen LogP contribution in [0.15, 0.2) is 36.9 Å². The van der Waals surface area contributed by atoms with Crippen molar-refractivity contribution in [3.63, 3.8) is 0 Å². The third kappa shape index (κ3) is 4.25. The fourth-order valence-corrected chi connectivity index (χ4v) is 2.42. The molecule has 0 unspecified atom stereocenters. The van der Waals surface area contributed by atoms with Crippen LogP contribution in [0.4, 0.5) is 4.79 Å². The maximum Gasteiger partial charge on any atom is 0.318 e. The number of hydrogen-bond acceptors (Lipinski definition) is 2. The Labute approximate surface area is 126 Å². The second-order valence-corrected chi connectivity index (χ2v) is 5.53. The molecule has 1 aliphatic rings. The zero-order valence-corrected chi connectivity index (χ0v) is 12.8. The summed E-state index contributed by atoms with van der Waals surface area (Å²) >= 11 is 0. The summed E-state index contributed by atoms with van der Waals surface area (Å²) in [4.78, 5) is 14.3. The van der Waals surface area contributed by atoms with E-state index in [9.17, 15) is 4.79 Å². The topological polar surface area (TPSA) is 41.6 Å². The van der Waals surface area contributed by atoms with Gasteiger partial charge in [0.15, 0.2) is 0 Å². The summed E-state index contributed by atoms with van der Waals surface area (Å²) in [5.41, 5.74) is 1.11. The molecule has 1 fully saturated rings. The van der Waals surface area contributed by atoms with Crippen molar-refractivity contribution in [3.8, 4) is 5.75 Å². The Morgan fingerprint density at radius 3 is 2.67 bits per heavy atom. The van der Waals surface area contributed by atoms with Gasteiger partial charge in [0.2, 0.25) is 0 Å². The lowest BCUT2D eigenvalue weighted by Gasteiger charge is -2.29. The molecule has 21 heavy (non-hydrogen) atoms. The lowest BCUT2D eigenvalue weighted by atomic mass is 10.1. The van der Waals surface area contributed by atoms with E-state index in [0.717, 1.165) is 11.3 Å². The highest BCUT2D eigenvalue weighted by atomic mass is 16.5. The van der Waals surface area contributed by atoms with Gasteiger partial charge < -0.3 is 15.0 Å². The maximum atomic E-state index is 12.3. The maximum absolute atomic E-state index is 12.3. The quantitative estimate of drug-likeness (QED) is 0.783. The fourth-order valence-electron chi connectivity index (χ4n) is 2.42. The molecule has 1 aliphatic carbocycles. The normalized spacial score (nSPS) is 15.1. The Balaban J connectivity index is 2.06. The van der Waals surface area contributed by atoms with Gasteiger partial charge in [-0.05, 0) is 43.4 Å². The van der Waals surface area contributed by atoms with Crippen LogP contribution < -0.4 is 10.1 Å². The number of hydrogen-bond donors (Lipinski definition) is 1. The van der Waals surface area contributed by atoms with E-state index in [0.29, 0.717) is 19.0 Å². The van der Waals surface area contributed by atoms with Crippen LogP contribution in [0.3, 0.4) is 0 Å². The summed E-state index contributed by atoms with van der Waals surface area (Å²) < 4.78 is 5.17. The van der Waals surface area contributed by atoms with Crippen molar-refractivity contribution in [2.45, 2.75) is 32.4 Å². The van der Waals surface area contributed by atoms with Gasteiger partial charge in [0, 0.05) is 19.1 Å². The number of rotatable bonds is 7. The van der Waals surface area contributed by atoms with Crippen LogP contribution in [-0.2, 0) is 6.54 Å². The van der Waals surface area contributed by atoms with Crippen LogP contribution in [0, 0.1) is 5.92 Å². The van der Waals surface area contributed by atoms with Crippen LogP contribution >= 0.6 is 0 Å². The summed E-state index contributed by atoms with van der Waals surface area (Å²) in [6.07, 6.45) is 4.13. The lowest BCUT2D eigenvalue weighted by molar-refractivity contribution is 0.168. The molecule has 2 rings (SSSR count). The molecule has 0 saturated heterocycles. The van der Waals surface area contributed by atoms with Crippen molar-refractivity contribution in [2.75, 3.05) is 13.7 Å². The second-order valence-electron chi connectivity index (χ2n) is 5.53. The molecular formula is C17H24N2O2. The Kier molecular flexibility index (Phi) is 5.26. The van der Waals surface area contributed by atoms with Crippen molar-refractivity contribution < 1.29 is 9.53 Å². The first kappa shape index (κ1) is 15.4. The number of amides is 2. The second kappa shape index (κ2) is 7.16. The van der Waals surface area contributed by atoms with E-state index >= 15 is 0 Å². The van der Waals surface area contributed by atoms with Crippen molar-refractivity contribution >= 4 is 6.03 Å². The highest BCUT2D eigenvalue weighted by Gasteiger charge is 2.34. The first-order valence-corrected chi connectivity index (χ1v) is 7.44. The molecule has 1 N–H and O–H groups in total. The molecule has 114 valence electrons. The molecule has 0 bridgehead atoms. The monoisotopic (exact) mass is 288 g/mol. The van der Waals surface area contributed by atoms with Gasteiger partial charge in [-0.3, -0.25) is 0 Å². The minimum absolute atomic E-state index is 0.0230. The predicted octanol–water partition coefficient (Wildman–Crippen LogP) is 3.19. The predicted molar refractivity (Wildman–Crippen MR) is 84.3 cm³/mol. The van der Waals surface area contributed by atoms with Gasteiger partial charge in [-0.15, -0.1) is 6.58 Å². The number of carbonyl (C=O) groups excluding carboxylic acids is 1. The molecular weight excluding hydrogens is 264 g/mol. The van der Waals surface area contributed by atoms with E-state index in [2.05, 4.69) is 18.8 Å². The Morgan fingerprint density at radius 2 is 2.14 bits per heavy atom. The molecule has 0 spiro atoms. The first-order valence-electron chi connectivity index (χ1n) is 7.44. The Bertz CT molecular complexity index is 480. The SMILES string of the molecule is C=CCNC(=O)N(Cc1ccc(OC)cc1)[C@@H](C)C1CC1. The Morgan fingerprint density at radius 1 is 1.48 bits per heavy atom. The van der Waals surface area contributed by atoms with Crippen molar-refractivity contribution in [2.24, 2.45) is 5.92 Å². The number of nitrogens with zero attached hydrogens (tertiary/aromatic N) is 1. The molecule has 1 saturated carbocycles. The van der Waals surface area contributed by atoms with Gasteiger partial charge in [0.1, 0.15) is 5.75 Å². The third-order valence-electron chi connectivity index (χ3n) is 3.97. The molecule has 1 atom stereocenters. The lowest BCUT2D eigenvalue weighted by Crippen LogP contribution is -2.45. The summed E-state index contributed by atoms with van der Waals surface area (Å²) in [7, 11) is 1.65. The molecule has 1 aromatic rings. The van der Waals surface area contributed by atoms with Gasteiger partial charge in [0.05, 0.1) is 7.11 Å². The van der Waals surface area contributed by atoms with Gasteiger partial charge in [-0.1, -0.05) is 18.2 Å². The van der Waals surface area contributed by atoms with E-state index in [1.54, 1.807) is 13.2 Å². The minimum atomic E-state index is -0.0230. The summed E-state index contributed by atoms with van der Waals surface area (Å²) in [6, 6.07) is 8.11. The first-order chi connectivity index (χ1) is 10.2. The summed E-state index contributed by atoms with van der Waals surface area (Å²) in [5, 5.41) is 2.88. The van der Waals surface area contributed by atoms with Gasteiger partial charge in [-0.2, -0.15) is 0 Å². The number of benzene rings is 1. The van der Waals surface area contributed by atoms with Gasteiger partial charge in [0.25, 0.3) is 0 Å². The molecule has 0 radical (unpaired) electrons. The van der Waals surface area contributed by atoms with Crippen molar-refractivity contribution in [1.29, 1.82) is 0 Å². The Hall–Kier alpha value is -1.97. The van der Waals surface area contributed by atoms with E-state index in [1.165, 1.54) is 12.8 Å². The standard InChI is InChI=1S/C17H24N2O2/c1-4-11-18-17(20)19(13(2)15-7-8-15)12-14-5-9-16(21-3)10-6-14/h4-6,9-10,13,15H,1,7-8,11-12H2,2-3H3,(H,18,20)/t13-/m0/s1. The molecule has 1 aromatic carbocycles. The third-order valence-corrected chi connectivity index (χ3v) is 3.97. The summed E-state index contributed by atoms with van der Waals surface area (Å²) in [6.45, 7) is 6.88. The van der Waals surface area contributed by atoms with Crippen molar-refractivity contribution in [1.82, 2.24) is 10.2 Å². The van der Waals surface area contributed by atoms with Crippen molar-refractivity contribution in [3.05, 3.63) is 42.5 Å². The van der Waals surface area contributed by atoms with E-state index in [4.69, 9.17) is 4.74 Å². The highest BCUT2D eigenvalue weighted by Crippen LogP contribution is 2.35. The largest absolute Gasteiger partial charge is 0.497 e. The van der Waals surface area contributed by atoms with Gasteiger partial charge >= 0.3 is 6.03 Å². The average Bonchev–Trinajstić information content (AvgIpc) is 3.35. The molecule has 2 amide bonds. The molecule has 4 heteroatoms. The number of urea groups is 1. The van der Waals surface area contributed by atoms with Gasteiger partial charge in [-0.25, -0.2) is 4.79 Å². The fraction of sp³-hybridized carbons (Fsp3) is 0.471. The average molecular weight is 288 g/mol. The van der Waals surface area contributed by atoms with Crippen LogP contribution in [-0.4, -0.2) is 30.6 Å². The van der Waals surface area contributed by atoms with Crippen LogP contribution in [0.1, 0.15) is 25.3 Å².